The van der Waals surface area contributed by atoms with Crippen LogP contribution in [0, 0.1) is 5.92 Å². The molecule has 23 heavy (non-hydrogen) atoms. The summed E-state index contributed by atoms with van der Waals surface area (Å²) in [6.45, 7) is 5.26. The molecule has 0 N–H and O–H groups in total. The van der Waals surface area contributed by atoms with E-state index >= 15 is 0 Å². The Balaban J connectivity index is 3.72. The van der Waals surface area contributed by atoms with E-state index in [1.54, 1.807) is 0 Å². The molecule has 0 heterocycles. The Morgan fingerprint density at radius 2 is 1.09 bits per heavy atom. The molecule has 0 amide bonds. The number of rotatable bonds is 19. The number of unbranched alkanes of at least 4 members (excludes halogenated alkanes) is 10. The van der Waals surface area contributed by atoms with E-state index in [9.17, 15) is 4.57 Å². The molecule has 0 aromatic rings. The van der Waals surface area contributed by atoms with Gasteiger partial charge >= 0.3 is 0 Å². The molecule has 0 aliphatic heterocycles. The van der Waals surface area contributed by atoms with Crippen molar-refractivity contribution in [1.29, 1.82) is 0 Å². The smallest absolute Gasteiger partial charge is 0.179 e. The minimum atomic E-state index is -1.01. The molecule has 0 fully saturated rings. The Bertz CT molecular complexity index is 218. The molecule has 140 valence electrons. The molecule has 3 heteroatoms. The van der Waals surface area contributed by atoms with Crippen LogP contribution in [0.2, 0.25) is 0 Å². The average molecular weight is 347 g/mol. The van der Waals surface area contributed by atoms with Crippen molar-refractivity contribution in [2.75, 3.05) is 6.61 Å². The van der Waals surface area contributed by atoms with Crippen LogP contribution < -0.4 is 0 Å². The lowest BCUT2D eigenvalue weighted by atomic mass is 9.90. The maximum atomic E-state index is 10.4. The van der Waals surface area contributed by atoms with Crippen molar-refractivity contribution in [3.05, 3.63) is 0 Å². The standard InChI is InChI=1S/C20H43O2P/c1-3-5-7-9-11-13-16-20(18-15-19-22-23-21)17-14-12-10-8-6-4-2/h20H,3-19,23H2,1-2H3. The molecule has 0 aromatic heterocycles. The van der Waals surface area contributed by atoms with Gasteiger partial charge in [0.2, 0.25) is 0 Å². The third-order valence-electron chi connectivity index (χ3n) is 4.87. The monoisotopic (exact) mass is 346 g/mol. The highest BCUT2D eigenvalue weighted by Crippen LogP contribution is 2.23. The molecule has 0 aliphatic carbocycles. The topological polar surface area (TPSA) is 26.3 Å². The molecule has 0 rings (SSSR count). The first-order chi connectivity index (χ1) is 11.3. The van der Waals surface area contributed by atoms with Crippen LogP contribution in [-0.2, 0) is 9.09 Å². The summed E-state index contributed by atoms with van der Waals surface area (Å²) in [4.78, 5) is 0. The molecule has 1 unspecified atom stereocenters. The third kappa shape index (κ3) is 18.4. The summed E-state index contributed by atoms with van der Waals surface area (Å²) in [5.74, 6) is 0.873. The van der Waals surface area contributed by atoms with Crippen molar-refractivity contribution in [1.82, 2.24) is 0 Å². The van der Waals surface area contributed by atoms with Crippen LogP contribution in [-0.4, -0.2) is 6.61 Å². The van der Waals surface area contributed by atoms with E-state index in [1.165, 1.54) is 96.3 Å². The number of hydrogen-bond acceptors (Lipinski definition) is 2. The zero-order valence-corrected chi connectivity index (χ0v) is 17.1. The van der Waals surface area contributed by atoms with E-state index in [0.717, 1.165) is 12.3 Å². The van der Waals surface area contributed by atoms with Gasteiger partial charge in [-0.2, -0.15) is 0 Å². The van der Waals surface area contributed by atoms with E-state index in [1.807, 2.05) is 0 Å². The molecule has 0 spiro atoms. The maximum Gasteiger partial charge on any atom is 0.179 e. The van der Waals surface area contributed by atoms with Crippen LogP contribution in [0.5, 0.6) is 0 Å². The lowest BCUT2D eigenvalue weighted by Gasteiger charge is -2.16. The predicted octanol–water partition coefficient (Wildman–Crippen LogP) is 7.57. The van der Waals surface area contributed by atoms with Crippen molar-refractivity contribution >= 4 is 8.69 Å². The molecular weight excluding hydrogens is 303 g/mol. The molecule has 0 aromatic carbocycles. The maximum absolute atomic E-state index is 10.4. The Hall–Kier alpha value is 0.190. The van der Waals surface area contributed by atoms with Crippen molar-refractivity contribution in [3.63, 3.8) is 0 Å². The van der Waals surface area contributed by atoms with Crippen LogP contribution in [0.1, 0.15) is 117 Å². The van der Waals surface area contributed by atoms with E-state index in [2.05, 4.69) is 13.8 Å². The van der Waals surface area contributed by atoms with Crippen LogP contribution in [0.3, 0.4) is 0 Å². The predicted molar refractivity (Wildman–Crippen MR) is 105 cm³/mol. The fraction of sp³-hybridized carbons (Fsp3) is 1.00. The van der Waals surface area contributed by atoms with Gasteiger partial charge in [0.05, 0.1) is 6.61 Å². The summed E-state index contributed by atoms with van der Waals surface area (Å²) in [7, 11) is -1.01. The Morgan fingerprint density at radius 3 is 1.57 bits per heavy atom. The van der Waals surface area contributed by atoms with Crippen LogP contribution in [0.25, 0.3) is 0 Å². The van der Waals surface area contributed by atoms with Gasteiger partial charge in [0.25, 0.3) is 0 Å². The van der Waals surface area contributed by atoms with Crippen molar-refractivity contribution in [2.24, 2.45) is 5.92 Å². The van der Waals surface area contributed by atoms with Gasteiger partial charge in [-0.1, -0.05) is 104 Å². The summed E-state index contributed by atoms with van der Waals surface area (Å²) in [5.41, 5.74) is 0. The second-order valence-corrected chi connectivity index (χ2v) is 7.61. The molecule has 1 atom stereocenters. The summed E-state index contributed by atoms with van der Waals surface area (Å²) in [6.07, 6.45) is 21.9. The molecule has 0 aliphatic rings. The summed E-state index contributed by atoms with van der Waals surface area (Å²) in [5, 5.41) is 0. The van der Waals surface area contributed by atoms with Gasteiger partial charge in [-0.05, 0) is 18.8 Å². The molecular formula is C20H43O2P. The second kappa shape index (κ2) is 20.2. The molecule has 0 radical (unpaired) electrons. The van der Waals surface area contributed by atoms with Crippen LogP contribution in [0.4, 0.5) is 0 Å². The average Bonchev–Trinajstić information content (AvgIpc) is 2.57. The van der Waals surface area contributed by atoms with Gasteiger partial charge in [-0.25, -0.2) is 0 Å². The highest BCUT2D eigenvalue weighted by atomic mass is 31.1. The molecule has 0 saturated carbocycles. The lowest BCUT2D eigenvalue weighted by molar-refractivity contribution is 0.297. The van der Waals surface area contributed by atoms with Crippen molar-refractivity contribution in [3.8, 4) is 0 Å². The van der Waals surface area contributed by atoms with Gasteiger partial charge in [0.15, 0.2) is 8.69 Å². The van der Waals surface area contributed by atoms with Crippen LogP contribution >= 0.6 is 8.69 Å². The van der Waals surface area contributed by atoms with Crippen LogP contribution in [0.15, 0.2) is 0 Å². The van der Waals surface area contributed by atoms with Gasteiger partial charge in [-0.15, -0.1) is 0 Å². The minimum Gasteiger partial charge on any atom is -0.332 e. The normalized spacial score (nSPS) is 12.0. The Morgan fingerprint density at radius 1 is 0.652 bits per heavy atom. The Kier molecular flexibility index (Phi) is 20.4. The zero-order valence-electron chi connectivity index (χ0n) is 16.0. The largest absolute Gasteiger partial charge is 0.332 e. The summed E-state index contributed by atoms with van der Waals surface area (Å²) in [6, 6.07) is 0. The minimum absolute atomic E-state index is 0.697. The molecule has 0 bridgehead atoms. The molecule has 0 saturated heterocycles. The fourth-order valence-electron chi connectivity index (χ4n) is 3.36. The van der Waals surface area contributed by atoms with E-state index < -0.39 is 8.69 Å². The first kappa shape index (κ1) is 23.2. The second-order valence-electron chi connectivity index (χ2n) is 7.09. The van der Waals surface area contributed by atoms with E-state index in [4.69, 9.17) is 4.52 Å². The Labute approximate surface area is 147 Å². The third-order valence-corrected chi connectivity index (χ3v) is 5.25. The van der Waals surface area contributed by atoms with E-state index in [0.29, 0.717) is 6.61 Å². The lowest BCUT2D eigenvalue weighted by Crippen LogP contribution is -2.03. The first-order valence-electron chi connectivity index (χ1n) is 10.4. The van der Waals surface area contributed by atoms with Gasteiger partial charge in [0.1, 0.15) is 0 Å². The molecule has 2 nitrogen and oxygen atoms in total. The number of hydrogen-bond donors (Lipinski definition) is 0. The summed E-state index contributed by atoms with van der Waals surface area (Å²) >= 11 is 0. The van der Waals surface area contributed by atoms with Crippen molar-refractivity contribution < 1.29 is 9.09 Å². The van der Waals surface area contributed by atoms with E-state index in [-0.39, 0.29) is 0 Å². The van der Waals surface area contributed by atoms with Gasteiger partial charge in [-0.3, -0.25) is 4.57 Å². The van der Waals surface area contributed by atoms with Crippen molar-refractivity contribution in [2.45, 2.75) is 117 Å². The zero-order chi connectivity index (χ0) is 17.0. The summed E-state index contributed by atoms with van der Waals surface area (Å²) < 4.78 is 15.5. The van der Waals surface area contributed by atoms with Gasteiger partial charge in [0, 0.05) is 0 Å². The highest BCUT2D eigenvalue weighted by molar-refractivity contribution is 7.17. The van der Waals surface area contributed by atoms with Gasteiger partial charge < -0.3 is 4.52 Å². The SMILES string of the molecule is CCCCCCCCC(CCCCCCCC)CCCO[PH2]=O. The first-order valence-corrected chi connectivity index (χ1v) is 11.3. The highest BCUT2D eigenvalue weighted by Gasteiger charge is 2.08. The quantitative estimate of drug-likeness (QED) is 0.178. The fourth-order valence-corrected chi connectivity index (χ4v) is 3.63.